The van der Waals surface area contributed by atoms with Crippen molar-refractivity contribution in [1.29, 1.82) is 0 Å². The molecule has 0 aliphatic heterocycles. The summed E-state index contributed by atoms with van der Waals surface area (Å²) in [6.45, 7) is 0. The molecule has 0 aromatic carbocycles. The van der Waals surface area contributed by atoms with Crippen molar-refractivity contribution in [2.75, 3.05) is 7.05 Å². The maximum Gasteiger partial charge on any atom is 0.116 e. The highest BCUT2D eigenvalue weighted by Crippen LogP contribution is 2.02. The summed E-state index contributed by atoms with van der Waals surface area (Å²) in [7, 11) is 1.78. The number of hydrogen-bond acceptors (Lipinski definition) is 3. The standard InChI is InChI=1S/C4H9BrClN3/c1-8-3(5)2-4(6)9-7/h2,4,8-9H,7H2,1H3/b3-2-. The molecule has 0 saturated carbocycles. The third-order valence-electron chi connectivity index (χ3n) is 0.691. The number of halogens is 2. The topological polar surface area (TPSA) is 50.1 Å². The van der Waals surface area contributed by atoms with Gasteiger partial charge in [0.1, 0.15) is 5.50 Å². The Balaban J connectivity index is 3.64. The molecule has 0 spiro atoms. The van der Waals surface area contributed by atoms with E-state index in [0.717, 1.165) is 4.61 Å². The maximum absolute atomic E-state index is 5.56. The fourth-order valence-corrected chi connectivity index (χ4v) is 0.802. The van der Waals surface area contributed by atoms with Crippen LogP contribution in [-0.4, -0.2) is 12.5 Å². The first-order chi connectivity index (χ1) is 4.20. The van der Waals surface area contributed by atoms with Gasteiger partial charge in [-0.05, 0) is 22.0 Å². The molecule has 4 N–H and O–H groups in total. The quantitative estimate of drug-likeness (QED) is 0.277. The zero-order chi connectivity index (χ0) is 7.28. The minimum absolute atomic E-state index is 0.341. The molecule has 54 valence electrons. The lowest BCUT2D eigenvalue weighted by atomic mass is 10.6. The van der Waals surface area contributed by atoms with E-state index in [0.29, 0.717) is 0 Å². The summed E-state index contributed by atoms with van der Waals surface area (Å²) in [6.07, 6.45) is 1.70. The van der Waals surface area contributed by atoms with E-state index in [1.807, 2.05) is 0 Å². The Bertz CT molecular complexity index is 106. The van der Waals surface area contributed by atoms with Gasteiger partial charge in [-0.1, -0.05) is 11.6 Å². The molecule has 0 aromatic rings. The Kier molecular flexibility index (Phi) is 5.18. The lowest BCUT2D eigenvalue weighted by molar-refractivity contribution is 0.767. The maximum atomic E-state index is 5.56. The highest BCUT2D eigenvalue weighted by Gasteiger charge is 1.94. The van der Waals surface area contributed by atoms with Crippen LogP contribution in [0.15, 0.2) is 10.7 Å². The molecule has 0 aliphatic carbocycles. The summed E-state index contributed by atoms with van der Waals surface area (Å²) >= 11 is 8.74. The average Bonchev–Trinajstić information content (AvgIpc) is 1.87. The van der Waals surface area contributed by atoms with Crippen molar-refractivity contribution < 1.29 is 0 Å². The van der Waals surface area contributed by atoms with E-state index in [1.165, 1.54) is 0 Å². The van der Waals surface area contributed by atoms with Gasteiger partial charge in [-0.2, -0.15) is 0 Å². The molecule has 0 aromatic heterocycles. The summed E-state index contributed by atoms with van der Waals surface area (Å²) < 4.78 is 0.806. The summed E-state index contributed by atoms with van der Waals surface area (Å²) in [5.74, 6) is 5.00. The van der Waals surface area contributed by atoms with Gasteiger partial charge in [-0.15, -0.1) is 0 Å². The first-order valence-corrected chi connectivity index (χ1v) is 3.59. The summed E-state index contributed by atoms with van der Waals surface area (Å²) in [4.78, 5) is 0. The summed E-state index contributed by atoms with van der Waals surface area (Å²) in [5.41, 5.74) is 2.01. The Morgan fingerprint density at radius 2 is 2.44 bits per heavy atom. The molecular formula is C4H9BrClN3. The molecule has 5 heteroatoms. The number of nitrogens with one attached hydrogen (secondary N) is 2. The van der Waals surface area contributed by atoms with Gasteiger partial charge >= 0.3 is 0 Å². The molecular weight excluding hydrogens is 205 g/mol. The van der Waals surface area contributed by atoms with Crippen LogP contribution in [0.5, 0.6) is 0 Å². The second kappa shape index (κ2) is 5.05. The lowest BCUT2D eigenvalue weighted by Gasteiger charge is -2.01. The Labute approximate surface area is 67.7 Å². The van der Waals surface area contributed by atoms with Gasteiger partial charge in [0.25, 0.3) is 0 Å². The molecule has 0 aliphatic rings. The zero-order valence-corrected chi connectivity index (χ0v) is 7.33. The predicted octanol–water partition coefficient (Wildman–Crippen LogP) is 0.470. The van der Waals surface area contributed by atoms with Crippen LogP contribution < -0.4 is 16.6 Å². The highest BCUT2D eigenvalue weighted by atomic mass is 79.9. The van der Waals surface area contributed by atoms with Crippen LogP contribution in [0, 0.1) is 0 Å². The van der Waals surface area contributed by atoms with Gasteiger partial charge in [0.2, 0.25) is 0 Å². The summed E-state index contributed by atoms with van der Waals surface area (Å²) in [6, 6.07) is 0. The Morgan fingerprint density at radius 3 is 2.78 bits per heavy atom. The van der Waals surface area contributed by atoms with Gasteiger partial charge in [0.15, 0.2) is 0 Å². The van der Waals surface area contributed by atoms with Gasteiger partial charge in [0.05, 0.1) is 4.61 Å². The number of nitrogens with two attached hydrogens (primary N) is 1. The minimum Gasteiger partial charge on any atom is -0.383 e. The van der Waals surface area contributed by atoms with Crippen molar-refractivity contribution in [3.63, 3.8) is 0 Å². The van der Waals surface area contributed by atoms with Crippen LogP contribution in [0.1, 0.15) is 0 Å². The number of hydrazine groups is 1. The molecule has 0 fully saturated rings. The average molecular weight is 214 g/mol. The zero-order valence-electron chi connectivity index (χ0n) is 4.99. The predicted molar refractivity (Wildman–Crippen MR) is 43.0 cm³/mol. The highest BCUT2D eigenvalue weighted by molar-refractivity contribution is 9.11. The first-order valence-electron chi connectivity index (χ1n) is 2.36. The molecule has 1 atom stereocenters. The van der Waals surface area contributed by atoms with E-state index in [1.54, 1.807) is 13.1 Å². The van der Waals surface area contributed by atoms with Crippen molar-refractivity contribution in [3.05, 3.63) is 10.7 Å². The normalized spacial score (nSPS) is 15.3. The van der Waals surface area contributed by atoms with E-state index < -0.39 is 0 Å². The number of alkyl halides is 1. The van der Waals surface area contributed by atoms with Gasteiger partial charge in [-0.3, -0.25) is 5.84 Å². The molecule has 1 unspecified atom stereocenters. The van der Waals surface area contributed by atoms with Gasteiger partial charge < -0.3 is 5.32 Å². The van der Waals surface area contributed by atoms with Crippen LogP contribution in [-0.2, 0) is 0 Å². The molecule has 9 heavy (non-hydrogen) atoms. The lowest BCUT2D eigenvalue weighted by Crippen LogP contribution is -2.29. The van der Waals surface area contributed by atoms with Crippen LogP contribution in [0.4, 0.5) is 0 Å². The first kappa shape index (κ1) is 9.23. The molecule has 3 nitrogen and oxygen atoms in total. The Hall–Kier alpha value is 0.230. The molecule has 0 amide bonds. The second-order valence-electron chi connectivity index (χ2n) is 1.33. The largest absolute Gasteiger partial charge is 0.383 e. The van der Waals surface area contributed by atoms with E-state index in [2.05, 4.69) is 26.7 Å². The van der Waals surface area contributed by atoms with E-state index in [4.69, 9.17) is 17.4 Å². The number of rotatable bonds is 3. The van der Waals surface area contributed by atoms with E-state index in [-0.39, 0.29) is 5.50 Å². The minimum atomic E-state index is -0.341. The monoisotopic (exact) mass is 213 g/mol. The van der Waals surface area contributed by atoms with Crippen molar-refractivity contribution >= 4 is 27.5 Å². The van der Waals surface area contributed by atoms with Crippen LogP contribution in [0.25, 0.3) is 0 Å². The fraction of sp³-hybridized carbons (Fsp3) is 0.500. The summed E-state index contributed by atoms with van der Waals surface area (Å²) in [5, 5.41) is 2.83. The molecule has 0 heterocycles. The van der Waals surface area contributed by atoms with E-state index >= 15 is 0 Å². The Morgan fingerprint density at radius 1 is 1.89 bits per heavy atom. The van der Waals surface area contributed by atoms with Crippen molar-refractivity contribution in [3.8, 4) is 0 Å². The van der Waals surface area contributed by atoms with Crippen LogP contribution in [0.3, 0.4) is 0 Å². The van der Waals surface area contributed by atoms with E-state index in [9.17, 15) is 0 Å². The van der Waals surface area contributed by atoms with Crippen molar-refractivity contribution in [2.24, 2.45) is 5.84 Å². The van der Waals surface area contributed by atoms with Crippen molar-refractivity contribution in [2.45, 2.75) is 5.50 Å². The molecule has 0 radical (unpaired) electrons. The van der Waals surface area contributed by atoms with Crippen molar-refractivity contribution in [1.82, 2.24) is 10.7 Å². The smallest absolute Gasteiger partial charge is 0.116 e. The third kappa shape index (κ3) is 4.72. The molecule has 0 bridgehead atoms. The second-order valence-corrected chi connectivity index (χ2v) is 2.66. The van der Waals surface area contributed by atoms with Gasteiger partial charge in [0, 0.05) is 7.05 Å². The third-order valence-corrected chi connectivity index (χ3v) is 1.60. The van der Waals surface area contributed by atoms with Crippen LogP contribution >= 0.6 is 27.5 Å². The number of hydrogen-bond donors (Lipinski definition) is 3. The molecule has 0 saturated heterocycles. The van der Waals surface area contributed by atoms with Gasteiger partial charge in [-0.25, -0.2) is 5.43 Å². The van der Waals surface area contributed by atoms with Crippen LogP contribution in [0.2, 0.25) is 0 Å². The molecule has 0 rings (SSSR count). The fourth-order valence-electron chi connectivity index (χ4n) is 0.260. The SMILES string of the molecule is CN/C(Br)=C\C(Cl)NN.